The molecule has 1 aliphatic heterocycles. The zero-order chi connectivity index (χ0) is 12.3. The lowest BCUT2D eigenvalue weighted by atomic mass is 9.87. The molecule has 0 spiro atoms. The average Bonchev–Trinajstić information content (AvgIpc) is 2.27. The lowest BCUT2D eigenvalue weighted by Crippen LogP contribution is -2.44. The van der Waals surface area contributed by atoms with Crippen molar-refractivity contribution >= 4 is 11.3 Å². The summed E-state index contributed by atoms with van der Waals surface area (Å²) in [6.07, 6.45) is 4.53. The first kappa shape index (κ1) is 13.4. The largest absolute Gasteiger partial charge is 0.396 e. The second kappa shape index (κ2) is 5.61. The van der Waals surface area contributed by atoms with Crippen LogP contribution in [0.15, 0.2) is 23.4 Å². The van der Waals surface area contributed by atoms with Gasteiger partial charge >= 0.3 is 0 Å². The third kappa shape index (κ3) is 2.36. The van der Waals surface area contributed by atoms with Crippen LogP contribution in [0.2, 0.25) is 0 Å². The van der Waals surface area contributed by atoms with E-state index in [0.717, 1.165) is 17.7 Å². The van der Waals surface area contributed by atoms with Crippen LogP contribution in [-0.2, 0) is 11.3 Å². The van der Waals surface area contributed by atoms with Gasteiger partial charge in [-0.3, -0.25) is 8.86 Å². The molecule has 1 aliphatic rings. The number of nitrogens with zero attached hydrogens (tertiary/aromatic N) is 1. The van der Waals surface area contributed by atoms with Crippen LogP contribution in [0.5, 0.6) is 0 Å². The Kier molecular flexibility index (Phi) is 4.70. The van der Waals surface area contributed by atoms with Gasteiger partial charge in [0, 0.05) is 18.6 Å². The molecule has 0 aromatic heterocycles. The Morgan fingerprint density at radius 2 is 2.12 bits per heavy atom. The Morgan fingerprint density at radius 3 is 2.50 bits per heavy atom. The highest BCUT2D eigenvalue weighted by Crippen LogP contribution is 2.35. The van der Waals surface area contributed by atoms with Crippen molar-refractivity contribution < 1.29 is 13.9 Å². The Labute approximate surface area is 99.1 Å². The molecular weight excluding hydrogens is 226 g/mol. The van der Waals surface area contributed by atoms with E-state index >= 15 is 0 Å². The second-order valence-electron chi connectivity index (χ2n) is 3.93. The van der Waals surface area contributed by atoms with E-state index in [1.54, 1.807) is 0 Å². The Bertz CT molecular complexity index is 338. The number of aliphatic hydroxyl groups is 1. The van der Waals surface area contributed by atoms with E-state index < -0.39 is 11.3 Å². The molecule has 0 saturated carbocycles. The van der Waals surface area contributed by atoms with Crippen molar-refractivity contribution in [1.29, 1.82) is 0 Å². The minimum absolute atomic E-state index is 0.00556. The van der Waals surface area contributed by atoms with Gasteiger partial charge in [-0.1, -0.05) is 12.2 Å². The summed E-state index contributed by atoms with van der Waals surface area (Å²) >= 11 is -2.04. The molecule has 16 heavy (non-hydrogen) atoms. The first-order chi connectivity index (χ1) is 7.56. The van der Waals surface area contributed by atoms with Crippen molar-refractivity contribution in [2.45, 2.75) is 33.2 Å². The molecule has 0 aliphatic carbocycles. The summed E-state index contributed by atoms with van der Waals surface area (Å²) in [5, 5.41) is 9.28. The summed E-state index contributed by atoms with van der Waals surface area (Å²) in [4.78, 5) is 0. The molecule has 3 atom stereocenters. The van der Waals surface area contributed by atoms with E-state index in [1.165, 1.54) is 4.31 Å². The molecule has 0 aromatic rings. The van der Waals surface area contributed by atoms with Gasteiger partial charge in [0.2, 0.25) is 0 Å². The fraction of sp³-hybridized carbons (Fsp3) is 0.636. The van der Waals surface area contributed by atoms with Crippen LogP contribution in [0.4, 0.5) is 0 Å². The SMILES string of the molecule is C/C=C1/C[C@@H](CO)[C@@H](C)N(S(=O)O)/C1=C/C. The molecule has 0 bridgehead atoms. The summed E-state index contributed by atoms with van der Waals surface area (Å²) in [5.41, 5.74) is 1.81. The highest BCUT2D eigenvalue weighted by molar-refractivity contribution is 7.76. The predicted molar refractivity (Wildman–Crippen MR) is 64.8 cm³/mol. The summed E-state index contributed by atoms with van der Waals surface area (Å²) < 4.78 is 22.1. The van der Waals surface area contributed by atoms with Crippen molar-refractivity contribution in [1.82, 2.24) is 4.31 Å². The average molecular weight is 245 g/mol. The third-order valence-corrected chi connectivity index (χ3v) is 3.99. The molecule has 5 heteroatoms. The molecular formula is C11H19NO3S. The van der Waals surface area contributed by atoms with Gasteiger partial charge in [-0.25, -0.2) is 4.21 Å². The van der Waals surface area contributed by atoms with Crippen LogP contribution in [0.1, 0.15) is 27.2 Å². The molecule has 1 fully saturated rings. The van der Waals surface area contributed by atoms with Gasteiger partial charge in [0.15, 0.2) is 0 Å². The van der Waals surface area contributed by atoms with Gasteiger partial charge in [0.1, 0.15) is 0 Å². The number of aliphatic hydroxyl groups excluding tert-OH is 1. The van der Waals surface area contributed by atoms with Gasteiger partial charge in [-0.2, -0.15) is 0 Å². The van der Waals surface area contributed by atoms with Gasteiger partial charge in [-0.15, -0.1) is 0 Å². The van der Waals surface area contributed by atoms with Crippen molar-refractivity contribution in [2.75, 3.05) is 6.61 Å². The first-order valence-electron chi connectivity index (χ1n) is 5.39. The van der Waals surface area contributed by atoms with Gasteiger partial charge in [-0.05, 0) is 32.8 Å². The third-order valence-electron chi connectivity index (χ3n) is 3.13. The summed E-state index contributed by atoms with van der Waals surface area (Å²) in [7, 11) is 0. The Morgan fingerprint density at radius 1 is 1.50 bits per heavy atom. The van der Waals surface area contributed by atoms with Crippen molar-refractivity contribution in [3.8, 4) is 0 Å². The highest BCUT2D eigenvalue weighted by Gasteiger charge is 2.35. The van der Waals surface area contributed by atoms with Crippen molar-refractivity contribution in [2.24, 2.45) is 5.92 Å². The summed E-state index contributed by atoms with van der Waals surface area (Å²) in [5.74, 6) is 0.00556. The molecule has 0 radical (unpaired) electrons. The fourth-order valence-electron chi connectivity index (χ4n) is 2.13. The smallest absolute Gasteiger partial charge is 0.262 e. The van der Waals surface area contributed by atoms with Crippen LogP contribution in [0, 0.1) is 5.92 Å². The van der Waals surface area contributed by atoms with E-state index in [4.69, 9.17) is 0 Å². The molecule has 1 heterocycles. The molecule has 0 amide bonds. The van der Waals surface area contributed by atoms with E-state index in [1.807, 2.05) is 32.9 Å². The van der Waals surface area contributed by atoms with E-state index in [0.29, 0.717) is 0 Å². The minimum Gasteiger partial charge on any atom is -0.396 e. The molecule has 0 aromatic carbocycles. The molecule has 1 saturated heterocycles. The number of hydrogen-bond acceptors (Lipinski definition) is 2. The molecule has 92 valence electrons. The fourth-order valence-corrected chi connectivity index (χ4v) is 2.98. The summed E-state index contributed by atoms with van der Waals surface area (Å²) in [6.45, 7) is 5.65. The standard InChI is InChI=1S/C11H19NO3S/c1-4-9-6-10(7-13)8(3)12(16(14)15)11(9)5-2/h4-5,8,10,13H,6-7H2,1-3H3,(H,14,15)/b9-4-,11-5+/t8-,10+/m1/s1. The minimum atomic E-state index is -2.04. The van der Waals surface area contributed by atoms with E-state index in [9.17, 15) is 13.9 Å². The van der Waals surface area contributed by atoms with Gasteiger partial charge in [0.05, 0.1) is 5.70 Å². The zero-order valence-electron chi connectivity index (χ0n) is 9.88. The summed E-state index contributed by atoms with van der Waals surface area (Å²) in [6, 6.07) is -0.134. The molecule has 2 N–H and O–H groups in total. The normalized spacial score (nSPS) is 33.4. The predicted octanol–water partition coefficient (Wildman–Crippen LogP) is 1.68. The van der Waals surface area contributed by atoms with Crippen LogP contribution < -0.4 is 0 Å². The first-order valence-corrected chi connectivity index (χ1v) is 6.46. The van der Waals surface area contributed by atoms with Crippen molar-refractivity contribution in [3.63, 3.8) is 0 Å². The molecule has 4 nitrogen and oxygen atoms in total. The number of piperidine rings is 1. The molecule has 1 unspecified atom stereocenters. The zero-order valence-corrected chi connectivity index (χ0v) is 10.7. The Balaban J connectivity index is 3.13. The second-order valence-corrected chi connectivity index (χ2v) is 4.79. The molecule has 1 rings (SSSR count). The maximum atomic E-state index is 11.3. The number of rotatable bonds is 2. The lowest BCUT2D eigenvalue weighted by Gasteiger charge is -2.40. The number of allylic oxidation sites excluding steroid dienone is 3. The van der Waals surface area contributed by atoms with Crippen molar-refractivity contribution in [3.05, 3.63) is 23.4 Å². The van der Waals surface area contributed by atoms with E-state index in [2.05, 4.69) is 0 Å². The monoisotopic (exact) mass is 245 g/mol. The van der Waals surface area contributed by atoms with Crippen LogP contribution in [0.25, 0.3) is 0 Å². The van der Waals surface area contributed by atoms with Crippen LogP contribution >= 0.6 is 0 Å². The maximum Gasteiger partial charge on any atom is 0.262 e. The van der Waals surface area contributed by atoms with E-state index in [-0.39, 0.29) is 18.6 Å². The number of hydrogen-bond donors (Lipinski definition) is 2. The maximum absolute atomic E-state index is 11.3. The highest BCUT2D eigenvalue weighted by atomic mass is 32.2. The van der Waals surface area contributed by atoms with Crippen LogP contribution in [-0.4, -0.2) is 30.8 Å². The van der Waals surface area contributed by atoms with Gasteiger partial charge in [0.25, 0.3) is 11.3 Å². The van der Waals surface area contributed by atoms with Gasteiger partial charge < -0.3 is 5.11 Å². The Hall–Kier alpha value is -0.650. The quantitative estimate of drug-likeness (QED) is 0.728. The topological polar surface area (TPSA) is 60.8 Å². The van der Waals surface area contributed by atoms with Crippen LogP contribution in [0.3, 0.4) is 0 Å². The lowest BCUT2D eigenvalue weighted by molar-refractivity contribution is 0.156.